The van der Waals surface area contributed by atoms with Crippen LogP contribution in [-0.2, 0) is 6.54 Å². The molecule has 20 heavy (non-hydrogen) atoms. The molecule has 1 aliphatic rings. The van der Waals surface area contributed by atoms with E-state index in [1.807, 2.05) is 6.20 Å². The molecular weight excluding hydrogens is 254 g/mol. The summed E-state index contributed by atoms with van der Waals surface area (Å²) in [6.07, 6.45) is 9.05. The molecule has 0 aromatic carbocycles. The topological polar surface area (TPSA) is 65.1 Å². The first-order valence-electron chi connectivity index (χ1n) is 6.65. The van der Waals surface area contributed by atoms with E-state index >= 15 is 0 Å². The number of aldehydes is 1. The fourth-order valence-electron chi connectivity index (χ4n) is 2.41. The fraction of sp³-hybridized carbons (Fsp3) is 0.286. The number of rotatable bonds is 4. The quantitative estimate of drug-likeness (QED) is 0.674. The van der Waals surface area contributed by atoms with Crippen molar-refractivity contribution in [3.05, 3.63) is 47.7 Å². The van der Waals surface area contributed by atoms with Crippen molar-refractivity contribution in [2.75, 3.05) is 0 Å². The zero-order valence-corrected chi connectivity index (χ0v) is 10.8. The molecule has 1 aliphatic carbocycles. The summed E-state index contributed by atoms with van der Waals surface area (Å²) in [6, 6.07) is 4.21. The molecule has 0 radical (unpaired) electrons. The number of carbonyl (C=O) groups excluding carboxylic acids is 1. The Morgan fingerprint density at radius 1 is 1.25 bits per heavy atom. The van der Waals surface area contributed by atoms with Gasteiger partial charge in [-0.2, -0.15) is 0 Å². The Morgan fingerprint density at radius 2 is 2.15 bits per heavy atom. The van der Waals surface area contributed by atoms with Crippen LogP contribution in [-0.4, -0.2) is 30.7 Å². The molecular formula is C14H13N5O. The van der Waals surface area contributed by atoms with Gasteiger partial charge >= 0.3 is 0 Å². The third-order valence-electron chi connectivity index (χ3n) is 3.57. The summed E-state index contributed by atoms with van der Waals surface area (Å²) in [5.41, 5.74) is 3.55. The van der Waals surface area contributed by atoms with Crippen molar-refractivity contribution >= 4 is 11.9 Å². The van der Waals surface area contributed by atoms with Crippen LogP contribution in [0.5, 0.6) is 0 Å². The number of fused-ring (bicyclic) bond motifs is 1. The predicted octanol–water partition coefficient (Wildman–Crippen LogP) is 1.66. The summed E-state index contributed by atoms with van der Waals surface area (Å²) in [5, 5.41) is 7.64. The van der Waals surface area contributed by atoms with Gasteiger partial charge in [0, 0.05) is 12.4 Å². The lowest BCUT2D eigenvalue weighted by atomic mass is 10.2. The Bertz CT molecular complexity index is 784. The lowest BCUT2D eigenvalue weighted by Crippen LogP contribution is -2.00. The average molecular weight is 267 g/mol. The van der Waals surface area contributed by atoms with Crippen molar-refractivity contribution in [1.82, 2.24) is 24.4 Å². The number of hydrogen-bond donors (Lipinski definition) is 0. The Balaban J connectivity index is 1.64. The summed E-state index contributed by atoms with van der Waals surface area (Å²) in [7, 11) is 0. The average Bonchev–Trinajstić information content (AvgIpc) is 3.08. The summed E-state index contributed by atoms with van der Waals surface area (Å²) < 4.78 is 3.67. The SMILES string of the molecule is O=Cc1cn(Cc2cn3cc(C4CC4)ccc3n2)nn1. The van der Waals surface area contributed by atoms with E-state index < -0.39 is 0 Å². The second-order valence-corrected chi connectivity index (χ2v) is 5.19. The fourth-order valence-corrected chi connectivity index (χ4v) is 2.41. The van der Waals surface area contributed by atoms with E-state index in [0.717, 1.165) is 17.3 Å². The highest BCUT2D eigenvalue weighted by molar-refractivity contribution is 5.70. The van der Waals surface area contributed by atoms with Crippen molar-refractivity contribution in [1.29, 1.82) is 0 Å². The van der Waals surface area contributed by atoms with Gasteiger partial charge in [-0.15, -0.1) is 5.10 Å². The molecule has 6 nitrogen and oxygen atoms in total. The molecule has 0 bridgehead atoms. The molecule has 0 atom stereocenters. The Hall–Kier alpha value is -2.50. The van der Waals surface area contributed by atoms with Gasteiger partial charge in [-0.3, -0.25) is 4.79 Å². The maximum absolute atomic E-state index is 10.6. The van der Waals surface area contributed by atoms with Gasteiger partial charge in [0.25, 0.3) is 0 Å². The Labute approximate surface area is 115 Å². The van der Waals surface area contributed by atoms with Gasteiger partial charge < -0.3 is 4.40 Å². The number of hydrogen-bond acceptors (Lipinski definition) is 4. The van der Waals surface area contributed by atoms with Crippen molar-refractivity contribution in [2.24, 2.45) is 0 Å². The first kappa shape index (κ1) is 11.3. The van der Waals surface area contributed by atoms with E-state index in [2.05, 4.69) is 38.0 Å². The first-order chi connectivity index (χ1) is 9.81. The van der Waals surface area contributed by atoms with Gasteiger partial charge in [-0.1, -0.05) is 11.3 Å². The summed E-state index contributed by atoms with van der Waals surface area (Å²) >= 11 is 0. The van der Waals surface area contributed by atoms with E-state index in [1.165, 1.54) is 18.4 Å². The maximum atomic E-state index is 10.6. The molecule has 1 fully saturated rings. The number of pyridine rings is 1. The minimum atomic E-state index is 0.338. The number of aromatic nitrogens is 5. The molecule has 0 aliphatic heterocycles. The van der Waals surface area contributed by atoms with Crippen LogP contribution in [0.3, 0.4) is 0 Å². The number of carbonyl (C=O) groups is 1. The van der Waals surface area contributed by atoms with Crippen LogP contribution in [0, 0.1) is 0 Å². The van der Waals surface area contributed by atoms with E-state index in [4.69, 9.17) is 0 Å². The second-order valence-electron chi connectivity index (χ2n) is 5.19. The largest absolute Gasteiger partial charge is 0.306 e. The highest BCUT2D eigenvalue weighted by Gasteiger charge is 2.23. The molecule has 0 N–H and O–H groups in total. The molecule has 3 aromatic rings. The Morgan fingerprint density at radius 3 is 2.90 bits per heavy atom. The highest BCUT2D eigenvalue weighted by Crippen LogP contribution is 2.39. The van der Waals surface area contributed by atoms with Crippen LogP contribution in [0.15, 0.2) is 30.7 Å². The summed E-state index contributed by atoms with van der Waals surface area (Å²) in [5.74, 6) is 0.732. The third-order valence-corrected chi connectivity index (χ3v) is 3.57. The number of imidazole rings is 1. The van der Waals surface area contributed by atoms with Gasteiger partial charge in [-0.25, -0.2) is 9.67 Å². The highest BCUT2D eigenvalue weighted by atomic mass is 16.1. The van der Waals surface area contributed by atoms with Crippen LogP contribution in [0.25, 0.3) is 5.65 Å². The van der Waals surface area contributed by atoms with Crippen LogP contribution in [0.1, 0.15) is 40.5 Å². The molecule has 0 amide bonds. The van der Waals surface area contributed by atoms with Crippen molar-refractivity contribution in [3.63, 3.8) is 0 Å². The molecule has 3 heterocycles. The second kappa shape index (κ2) is 4.26. The van der Waals surface area contributed by atoms with E-state index in [1.54, 1.807) is 10.9 Å². The summed E-state index contributed by atoms with van der Waals surface area (Å²) in [6.45, 7) is 0.515. The smallest absolute Gasteiger partial charge is 0.171 e. The minimum Gasteiger partial charge on any atom is -0.306 e. The van der Waals surface area contributed by atoms with Gasteiger partial charge in [0.2, 0.25) is 0 Å². The van der Waals surface area contributed by atoms with Gasteiger partial charge in [0.05, 0.1) is 18.4 Å². The maximum Gasteiger partial charge on any atom is 0.171 e. The van der Waals surface area contributed by atoms with Crippen LogP contribution >= 0.6 is 0 Å². The zero-order valence-electron chi connectivity index (χ0n) is 10.8. The lowest BCUT2D eigenvalue weighted by Gasteiger charge is -1.98. The normalized spacial score (nSPS) is 14.8. The van der Waals surface area contributed by atoms with Gasteiger partial charge in [0.1, 0.15) is 11.3 Å². The van der Waals surface area contributed by atoms with Crippen molar-refractivity contribution in [2.45, 2.75) is 25.3 Å². The van der Waals surface area contributed by atoms with Crippen LogP contribution in [0.2, 0.25) is 0 Å². The van der Waals surface area contributed by atoms with Gasteiger partial charge in [0.15, 0.2) is 6.29 Å². The molecule has 4 rings (SSSR count). The zero-order chi connectivity index (χ0) is 13.5. The molecule has 0 saturated heterocycles. The van der Waals surface area contributed by atoms with E-state index in [-0.39, 0.29) is 0 Å². The third kappa shape index (κ3) is 1.99. The van der Waals surface area contributed by atoms with Crippen LogP contribution in [0.4, 0.5) is 0 Å². The van der Waals surface area contributed by atoms with Gasteiger partial charge in [-0.05, 0) is 30.4 Å². The molecule has 3 aromatic heterocycles. The van der Waals surface area contributed by atoms with Crippen LogP contribution < -0.4 is 0 Å². The first-order valence-corrected chi connectivity index (χ1v) is 6.65. The van der Waals surface area contributed by atoms with E-state index in [9.17, 15) is 4.79 Å². The van der Waals surface area contributed by atoms with Crippen molar-refractivity contribution < 1.29 is 4.79 Å². The lowest BCUT2D eigenvalue weighted by molar-refractivity contribution is 0.111. The Kier molecular flexibility index (Phi) is 2.42. The minimum absolute atomic E-state index is 0.338. The molecule has 0 spiro atoms. The summed E-state index contributed by atoms with van der Waals surface area (Å²) in [4.78, 5) is 15.1. The molecule has 0 unspecified atom stereocenters. The molecule has 100 valence electrons. The number of nitrogens with zero attached hydrogens (tertiary/aromatic N) is 5. The van der Waals surface area contributed by atoms with Crippen molar-refractivity contribution in [3.8, 4) is 0 Å². The molecule has 6 heteroatoms. The standard InChI is InChI=1S/C14H13N5O/c20-9-13-8-19(17-16-13)7-12-6-18-5-11(10-1-2-10)3-4-14(18)15-12/h3-6,8-10H,1-2,7H2. The monoisotopic (exact) mass is 267 g/mol. The van der Waals surface area contributed by atoms with E-state index in [0.29, 0.717) is 18.5 Å². The molecule has 1 saturated carbocycles. The predicted molar refractivity (Wildman–Crippen MR) is 71.7 cm³/mol.